The average molecular weight is 270 g/mol. The smallest absolute Gasteiger partial charge is 0.272 e. The van der Waals surface area contributed by atoms with Crippen molar-refractivity contribution in [3.63, 3.8) is 0 Å². The number of hydrogen-bond donors (Lipinski definition) is 3. The Kier molecular flexibility index (Phi) is 2.86. The number of amides is 1. The Bertz CT molecular complexity index is 772. The van der Waals surface area contributed by atoms with Crippen LogP contribution in [0.1, 0.15) is 16.2 Å². The van der Waals surface area contributed by atoms with Gasteiger partial charge >= 0.3 is 0 Å². The second kappa shape index (κ2) is 4.69. The number of fused-ring (bicyclic) bond motifs is 1. The number of nitrogens with one attached hydrogen (secondary N) is 2. The van der Waals surface area contributed by atoms with Gasteiger partial charge in [-0.2, -0.15) is 10.2 Å². The molecule has 0 aliphatic rings. The van der Waals surface area contributed by atoms with Crippen molar-refractivity contribution >= 4 is 22.5 Å². The lowest BCUT2D eigenvalue weighted by Crippen LogP contribution is -2.23. The summed E-state index contributed by atoms with van der Waals surface area (Å²) in [6.07, 6.45) is 1.83. The monoisotopic (exact) mass is 270 g/mol. The molecule has 2 heterocycles. The number of carbonyl (C=O) groups is 1. The van der Waals surface area contributed by atoms with Gasteiger partial charge in [-0.3, -0.25) is 14.6 Å². The SMILES string of the molecule is Cn1ccc(CNC(=O)c2n[nH]c3ccc(N)cc23)n1. The molecule has 1 aromatic carbocycles. The summed E-state index contributed by atoms with van der Waals surface area (Å²) >= 11 is 0. The van der Waals surface area contributed by atoms with Crippen LogP contribution in [0.5, 0.6) is 0 Å². The number of aryl methyl sites for hydroxylation is 1. The molecule has 0 spiro atoms. The summed E-state index contributed by atoms with van der Waals surface area (Å²) in [5.41, 5.74) is 8.24. The number of H-pyrrole nitrogens is 1. The third-order valence-corrected chi connectivity index (χ3v) is 3.00. The van der Waals surface area contributed by atoms with E-state index in [4.69, 9.17) is 5.73 Å². The summed E-state index contributed by atoms with van der Waals surface area (Å²) in [6, 6.07) is 7.14. The normalized spacial score (nSPS) is 10.8. The second-order valence-electron chi connectivity index (χ2n) is 4.54. The van der Waals surface area contributed by atoms with Crippen LogP contribution in [0.15, 0.2) is 30.5 Å². The van der Waals surface area contributed by atoms with Gasteiger partial charge in [0.1, 0.15) is 0 Å². The van der Waals surface area contributed by atoms with Crippen LogP contribution in [-0.2, 0) is 13.6 Å². The van der Waals surface area contributed by atoms with Crippen LogP contribution in [0, 0.1) is 0 Å². The van der Waals surface area contributed by atoms with E-state index in [1.54, 1.807) is 22.9 Å². The van der Waals surface area contributed by atoms with Gasteiger partial charge in [0.15, 0.2) is 5.69 Å². The molecule has 102 valence electrons. The second-order valence-corrected chi connectivity index (χ2v) is 4.54. The Morgan fingerprint density at radius 3 is 3.05 bits per heavy atom. The molecule has 3 rings (SSSR count). The van der Waals surface area contributed by atoms with Gasteiger partial charge < -0.3 is 11.1 Å². The first-order valence-corrected chi connectivity index (χ1v) is 6.14. The van der Waals surface area contributed by atoms with Crippen molar-refractivity contribution in [3.05, 3.63) is 41.9 Å². The highest BCUT2D eigenvalue weighted by Crippen LogP contribution is 2.18. The average Bonchev–Trinajstić information content (AvgIpc) is 3.02. The molecule has 0 unspecified atom stereocenters. The number of nitrogen functional groups attached to an aromatic ring is 1. The molecular formula is C13H14N6O. The van der Waals surface area contributed by atoms with Gasteiger partial charge in [-0.15, -0.1) is 0 Å². The fourth-order valence-corrected chi connectivity index (χ4v) is 2.02. The van der Waals surface area contributed by atoms with E-state index in [1.165, 1.54) is 0 Å². The molecule has 20 heavy (non-hydrogen) atoms. The van der Waals surface area contributed by atoms with Gasteiger partial charge in [0, 0.05) is 24.3 Å². The number of aromatic amines is 1. The van der Waals surface area contributed by atoms with Crippen LogP contribution in [0.4, 0.5) is 5.69 Å². The molecule has 0 aliphatic carbocycles. The molecule has 3 aromatic rings. The Labute approximate surface area is 114 Å². The van der Waals surface area contributed by atoms with Crippen LogP contribution in [-0.4, -0.2) is 25.9 Å². The summed E-state index contributed by atoms with van der Waals surface area (Å²) in [6.45, 7) is 0.357. The molecule has 2 aromatic heterocycles. The largest absolute Gasteiger partial charge is 0.399 e. The Balaban J connectivity index is 1.80. The van der Waals surface area contributed by atoms with Gasteiger partial charge in [-0.25, -0.2) is 0 Å². The van der Waals surface area contributed by atoms with Gasteiger partial charge in [-0.05, 0) is 24.3 Å². The lowest BCUT2D eigenvalue weighted by Gasteiger charge is -2.01. The van der Waals surface area contributed by atoms with Crippen molar-refractivity contribution in [2.75, 3.05) is 5.73 Å². The minimum atomic E-state index is -0.257. The highest BCUT2D eigenvalue weighted by Gasteiger charge is 2.14. The lowest BCUT2D eigenvalue weighted by molar-refractivity contribution is 0.0947. The van der Waals surface area contributed by atoms with Gasteiger partial charge in [-0.1, -0.05) is 0 Å². The van der Waals surface area contributed by atoms with Crippen molar-refractivity contribution < 1.29 is 4.79 Å². The number of rotatable bonds is 3. The van der Waals surface area contributed by atoms with Crippen LogP contribution >= 0.6 is 0 Å². The predicted octanol–water partition coefficient (Wildman–Crippen LogP) is 0.809. The van der Waals surface area contributed by atoms with Crippen molar-refractivity contribution in [2.24, 2.45) is 7.05 Å². The molecule has 0 fully saturated rings. The van der Waals surface area contributed by atoms with Gasteiger partial charge in [0.05, 0.1) is 17.8 Å². The van der Waals surface area contributed by atoms with Crippen molar-refractivity contribution in [3.8, 4) is 0 Å². The van der Waals surface area contributed by atoms with E-state index in [1.807, 2.05) is 19.3 Å². The summed E-state index contributed by atoms with van der Waals surface area (Å²) in [4.78, 5) is 12.1. The Morgan fingerprint density at radius 1 is 1.45 bits per heavy atom. The summed E-state index contributed by atoms with van der Waals surface area (Å²) in [5, 5.41) is 14.5. The van der Waals surface area contributed by atoms with Crippen molar-refractivity contribution in [1.82, 2.24) is 25.3 Å². The van der Waals surface area contributed by atoms with Crippen LogP contribution in [0.3, 0.4) is 0 Å². The number of carbonyl (C=O) groups excluding carboxylic acids is 1. The van der Waals surface area contributed by atoms with Crippen molar-refractivity contribution in [1.29, 1.82) is 0 Å². The van der Waals surface area contributed by atoms with E-state index >= 15 is 0 Å². The molecule has 1 amide bonds. The first-order valence-electron chi connectivity index (χ1n) is 6.14. The molecule has 0 atom stereocenters. The zero-order chi connectivity index (χ0) is 14.1. The summed E-state index contributed by atoms with van der Waals surface area (Å²) < 4.78 is 1.69. The number of aromatic nitrogens is 4. The number of nitrogens with two attached hydrogens (primary N) is 1. The predicted molar refractivity (Wildman–Crippen MR) is 74.9 cm³/mol. The quantitative estimate of drug-likeness (QED) is 0.613. The molecule has 4 N–H and O–H groups in total. The van der Waals surface area contributed by atoms with Crippen molar-refractivity contribution in [2.45, 2.75) is 6.54 Å². The third kappa shape index (κ3) is 2.20. The number of benzene rings is 1. The minimum absolute atomic E-state index is 0.257. The number of nitrogens with zero attached hydrogens (tertiary/aromatic N) is 3. The molecule has 7 heteroatoms. The number of anilines is 1. The maximum Gasteiger partial charge on any atom is 0.272 e. The summed E-state index contributed by atoms with van der Waals surface area (Å²) in [7, 11) is 1.83. The fraction of sp³-hybridized carbons (Fsp3) is 0.154. The van der Waals surface area contributed by atoms with E-state index in [-0.39, 0.29) is 5.91 Å². The number of hydrogen-bond acceptors (Lipinski definition) is 4. The van der Waals surface area contributed by atoms with E-state index < -0.39 is 0 Å². The van der Waals surface area contributed by atoms with Crippen LogP contribution in [0.2, 0.25) is 0 Å². The lowest BCUT2D eigenvalue weighted by atomic mass is 10.2. The van der Waals surface area contributed by atoms with E-state index in [9.17, 15) is 4.79 Å². The fourth-order valence-electron chi connectivity index (χ4n) is 2.02. The maximum absolute atomic E-state index is 12.1. The van der Waals surface area contributed by atoms with Crippen LogP contribution < -0.4 is 11.1 Å². The van der Waals surface area contributed by atoms with E-state index in [0.29, 0.717) is 23.3 Å². The van der Waals surface area contributed by atoms with E-state index in [0.717, 1.165) is 11.2 Å². The Morgan fingerprint density at radius 2 is 2.30 bits per heavy atom. The van der Waals surface area contributed by atoms with Gasteiger partial charge in [0.2, 0.25) is 0 Å². The highest BCUT2D eigenvalue weighted by molar-refractivity contribution is 6.05. The molecule has 0 saturated heterocycles. The summed E-state index contributed by atoms with van der Waals surface area (Å²) in [5.74, 6) is -0.257. The maximum atomic E-state index is 12.1. The Hall–Kier alpha value is -2.83. The minimum Gasteiger partial charge on any atom is -0.399 e. The standard InChI is InChI=1S/C13H14N6O/c1-19-5-4-9(18-19)7-15-13(20)12-10-6-8(14)2-3-11(10)16-17-12/h2-6H,7,14H2,1H3,(H,15,20)(H,16,17). The zero-order valence-electron chi connectivity index (χ0n) is 10.9. The third-order valence-electron chi connectivity index (χ3n) is 3.00. The first-order chi connectivity index (χ1) is 9.63. The zero-order valence-corrected chi connectivity index (χ0v) is 10.9. The molecule has 0 bridgehead atoms. The molecular weight excluding hydrogens is 256 g/mol. The molecule has 0 aliphatic heterocycles. The van der Waals surface area contributed by atoms with Crippen LogP contribution in [0.25, 0.3) is 10.9 Å². The highest BCUT2D eigenvalue weighted by atomic mass is 16.1. The molecule has 0 radical (unpaired) electrons. The first kappa shape index (κ1) is 12.2. The van der Waals surface area contributed by atoms with E-state index in [2.05, 4.69) is 20.6 Å². The molecule has 0 saturated carbocycles. The topological polar surface area (TPSA) is 102 Å². The molecule has 7 nitrogen and oxygen atoms in total. The van der Waals surface area contributed by atoms with Gasteiger partial charge in [0.25, 0.3) is 5.91 Å².